The van der Waals surface area contributed by atoms with E-state index >= 15 is 0 Å². The maximum atomic E-state index is 14.2. The van der Waals surface area contributed by atoms with Crippen LogP contribution in [0, 0.1) is 5.82 Å². The van der Waals surface area contributed by atoms with Crippen LogP contribution in [0.4, 0.5) is 10.2 Å². The zero-order valence-corrected chi connectivity index (χ0v) is 21.6. The van der Waals surface area contributed by atoms with Crippen LogP contribution in [-0.4, -0.2) is 46.1 Å². The molecule has 186 valence electrons. The van der Waals surface area contributed by atoms with Crippen molar-refractivity contribution in [2.45, 2.75) is 23.8 Å². The van der Waals surface area contributed by atoms with E-state index in [-0.39, 0.29) is 30.1 Å². The zero-order chi connectivity index (χ0) is 24.3. The van der Waals surface area contributed by atoms with Crippen molar-refractivity contribution in [2.24, 2.45) is 0 Å². The minimum atomic E-state index is -1.26. The van der Waals surface area contributed by atoms with E-state index in [0.717, 1.165) is 6.42 Å². The summed E-state index contributed by atoms with van der Waals surface area (Å²) >= 11 is 6.30. The number of H-pyrrole nitrogens is 1. The van der Waals surface area contributed by atoms with Gasteiger partial charge in [0, 0.05) is 25.2 Å². The number of hydrogen-bond acceptors (Lipinski definition) is 6. The van der Waals surface area contributed by atoms with E-state index in [1.54, 1.807) is 36.8 Å². The van der Waals surface area contributed by atoms with Gasteiger partial charge >= 0.3 is 0 Å². The van der Waals surface area contributed by atoms with Crippen molar-refractivity contribution in [2.75, 3.05) is 17.7 Å². The quantitative estimate of drug-likeness (QED) is 0.369. The number of benzene rings is 1. The summed E-state index contributed by atoms with van der Waals surface area (Å²) in [5.74, 6) is 0.568. The second-order valence-corrected chi connectivity index (χ2v) is 10.1. The van der Waals surface area contributed by atoms with Gasteiger partial charge in [-0.3, -0.25) is 13.6 Å². The Hall–Kier alpha value is -3.22. The average molecular weight is 546 g/mol. The molecule has 5 heterocycles. The van der Waals surface area contributed by atoms with Crippen LogP contribution in [0.3, 0.4) is 0 Å². The first-order valence-electron chi connectivity index (χ1n) is 10.9. The molecule has 2 atom stereocenters. The fourth-order valence-electron chi connectivity index (χ4n) is 4.78. The van der Waals surface area contributed by atoms with Gasteiger partial charge in [0.05, 0.1) is 37.8 Å². The van der Waals surface area contributed by atoms with Crippen LogP contribution in [0.5, 0.6) is 0 Å². The number of rotatable bonds is 4. The number of aromatic nitrogens is 6. The summed E-state index contributed by atoms with van der Waals surface area (Å²) in [4.78, 5) is 28.2. The summed E-state index contributed by atoms with van der Waals surface area (Å²) in [5, 5.41) is 5.70. The Morgan fingerprint density at radius 1 is 1.25 bits per heavy atom. The highest BCUT2D eigenvalue weighted by Gasteiger charge is 2.34. The van der Waals surface area contributed by atoms with E-state index in [9.17, 15) is 13.4 Å². The van der Waals surface area contributed by atoms with Gasteiger partial charge in [-0.1, -0.05) is 17.7 Å². The number of fused-ring (bicyclic) bond motifs is 2. The largest absolute Gasteiger partial charge is 0.346 e. The van der Waals surface area contributed by atoms with E-state index < -0.39 is 22.2 Å². The molecule has 1 saturated heterocycles. The Bertz CT molecular complexity index is 1700. The molecule has 1 fully saturated rings. The summed E-state index contributed by atoms with van der Waals surface area (Å²) in [6, 6.07) is 7.08. The fraction of sp³-hybridized carbons (Fsp3) is 0.217. The molecule has 0 amide bonds. The molecule has 0 spiro atoms. The molecule has 0 radical (unpaired) electrons. The van der Waals surface area contributed by atoms with Crippen LogP contribution in [0.15, 0.2) is 58.7 Å². The number of anilines is 1. The summed E-state index contributed by atoms with van der Waals surface area (Å²) in [7, 11) is -1.26. The van der Waals surface area contributed by atoms with Crippen LogP contribution < -0.4 is 10.5 Å². The van der Waals surface area contributed by atoms with Crippen LogP contribution in [-0.2, 0) is 10.8 Å². The van der Waals surface area contributed by atoms with E-state index in [4.69, 9.17) is 16.7 Å². The molecular weight excluding hydrogens is 525 g/mol. The lowest BCUT2D eigenvalue weighted by Crippen LogP contribution is -2.33. The van der Waals surface area contributed by atoms with Gasteiger partial charge in [-0.05, 0) is 37.1 Å². The molecule has 0 saturated carbocycles. The van der Waals surface area contributed by atoms with Gasteiger partial charge in [-0.2, -0.15) is 18.6 Å². The van der Waals surface area contributed by atoms with Crippen LogP contribution in [0.1, 0.15) is 24.7 Å². The second kappa shape index (κ2) is 9.34. The number of nitrogens with one attached hydrogen (secondary N) is 1. The van der Waals surface area contributed by atoms with Crippen molar-refractivity contribution in [3.8, 4) is 5.69 Å². The summed E-state index contributed by atoms with van der Waals surface area (Å²) in [6.45, 7) is 0.640. The van der Waals surface area contributed by atoms with Gasteiger partial charge in [0.1, 0.15) is 29.1 Å². The van der Waals surface area contributed by atoms with Gasteiger partial charge in [-0.25, -0.2) is 18.9 Å². The van der Waals surface area contributed by atoms with E-state index in [2.05, 4.69) is 15.0 Å². The van der Waals surface area contributed by atoms with Crippen molar-refractivity contribution in [1.82, 2.24) is 29.1 Å². The maximum Gasteiger partial charge on any atom is 0.284 e. The second-order valence-electron chi connectivity index (χ2n) is 8.31. The first kappa shape index (κ1) is 24.5. The summed E-state index contributed by atoms with van der Waals surface area (Å²) in [5.41, 5.74) is 0.748. The topological polar surface area (TPSA) is 101 Å². The molecule has 9 nitrogen and oxygen atoms in total. The number of hydrogen-bond donors (Lipinski definition) is 1. The monoisotopic (exact) mass is 545 g/mol. The van der Waals surface area contributed by atoms with Gasteiger partial charge < -0.3 is 9.88 Å². The molecule has 1 unspecified atom stereocenters. The molecule has 0 aliphatic carbocycles. The molecular formula is C23H21ClFN7O2S2. The van der Waals surface area contributed by atoms with Crippen molar-refractivity contribution < 1.29 is 8.60 Å². The van der Waals surface area contributed by atoms with E-state index in [0.29, 0.717) is 46.2 Å². The van der Waals surface area contributed by atoms with Crippen LogP contribution >= 0.6 is 25.1 Å². The highest BCUT2D eigenvalue weighted by atomic mass is 35.5. The average Bonchev–Trinajstić information content (AvgIpc) is 3.57. The minimum absolute atomic E-state index is 0. The normalized spacial score (nSPS) is 16.5. The van der Waals surface area contributed by atoms with Gasteiger partial charge in [0.25, 0.3) is 5.56 Å². The lowest BCUT2D eigenvalue weighted by molar-refractivity contribution is 0.596. The van der Waals surface area contributed by atoms with Crippen molar-refractivity contribution >= 4 is 58.3 Å². The Balaban J connectivity index is 0.00000267. The summed E-state index contributed by atoms with van der Waals surface area (Å²) < 4.78 is 29.5. The SMILES string of the molecule is CS(=O)c1c[nH]c2ncnc(N3CCC[C@H]3c3nn4ccc(Cl)c4c(=O)n3-c3cccc(F)c3)c12.S. The van der Waals surface area contributed by atoms with E-state index in [1.807, 2.05) is 4.90 Å². The zero-order valence-electron chi connectivity index (χ0n) is 19.0. The van der Waals surface area contributed by atoms with Crippen molar-refractivity contribution in [3.63, 3.8) is 0 Å². The fourth-order valence-corrected chi connectivity index (χ4v) is 5.70. The number of halogens is 2. The lowest BCUT2D eigenvalue weighted by Gasteiger charge is -2.27. The predicted octanol–water partition coefficient (Wildman–Crippen LogP) is 3.74. The highest BCUT2D eigenvalue weighted by Crippen LogP contribution is 2.39. The third-order valence-electron chi connectivity index (χ3n) is 6.27. The first-order valence-corrected chi connectivity index (χ1v) is 12.9. The molecule has 6 rings (SSSR count). The Kier molecular flexibility index (Phi) is 6.35. The third kappa shape index (κ3) is 3.80. The standard InChI is InChI=1S/C23H19ClFN7O2S.H2S/c1-35(34)17-11-26-20-18(17)22(28-12-27-20)30-8-3-6-16(30)21-29-31-9-7-15(24)19(31)23(33)32(21)14-5-2-4-13(25)10-14;/h2,4-5,7,9-12,16H,3,6,8H2,1H3,(H,26,27,28);1H2/t16-,35?;/m0./s1. The molecule has 4 aromatic heterocycles. The van der Waals surface area contributed by atoms with Gasteiger partial charge in [-0.15, -0.1) is 0 Å². The van der Waals surface area contributed by atoms with Gasteiger partial charge in [0.15, 0.2) is 5.82 Å². The van der Waals surface area contributed by atoms with Crippen LogP contribution in [0.25, 0.3) is 22.2 Å². The highest BCUT2D eigenvalue weighted by molar-refractivity contribution is 7.84. The number of nitrogens with zero attached hydrogens (tertiary/aromatic N) is 6. The molecule has 1 aliphatic heterocycles. The lowest BCUT2D eigenvalue weighted by atomic mass is 10.2. The maximum absolute atomic E-state index is 14.2. The van der Waals surface area contributed by atoms with Crippen molar-refractivity contribution in [3.05, 3.63) is 76.1 Å². The van der Waals surface area contributed by atoms with Crippen molar-refractivity contribution in [1.29, 1.82) is 0 Å². The Morgan fingerprint density at radius 2 is 2.08 bits per heavy atom. The van der Waals surface area contributed by atoms with Crippen LogP contribution in [0.2, 0.25) is 5.02 Å². The molecule has 1 aliphatic rings. The third-order valence-corrected chi connectivity index (χ3v) is 7.52. The smallest absolute Gasteiger partial charge is 0.284 e. The molecule has 1 aromatic carbocycles. The Labute approximate surface area is 218 Å². The van der Waals surface area contributed by atoms with E-state index in [1.165, 1.54) is 27.5 Å². The molecule has 0 bridgehead atoms. The van der Waals surface area contributed by atoms with Gasteiger partial charge in [0.2, 0.25) is 0 Å². The number of aromatic amines is 1. The molecule has 36 heavy (non-hydrogen) atoms. The molecule has 1 N–H and O–H groups in total. The summed E-state index contributed by atoms with van der Waals surface area (Å²) in [6.07, 6.45) is 7.86. The molecule has 5 aromatic rings. The predicted molar refractivity (Wildman–Crippen MR) is 142 cm³/mol. The Morgan fingerprint density at radius 3 is 2.86 bits per heavy atom. The minimum Gasteiger partial charge on any atom is -0.346 e. The molecule has 13 heteroatoms. The first-order chi connectivity index (χ1) is 16.9.